The molecule has 0 saturated carbocycles. The number of H-pyrrole nitrogens is 3. The van der Waals surface area contributed by atoms with E-state index >= 15 is 0 Å². The number of imidazole rings is 1. The first-order valence-corrected chi connectivity index (χ1v) is 38.3. The maximum Gasteiger partial charge on any atom is 0.326 e. The van der Waals surface area contributed by atoms with Gasteiger partial charge in [0.05, 0.1) is 19.0 Å². The van der Waals surface area contributed by atoms with Crippen LogP contribution in [0.1, 0.15) is 115 Å². The number of nitrogens with one attached hydrogen (secondary N) is 10. The van der Waals surface area contributed by atoms with Crippen LogP contribution in [-0.4, -0.2) is 273 Å². The van der Waals surface area contributed by atoms with E-state index in [4.69, 9.17) is 27.1 Å². The SMILES string of the molecule is CC(=O)O.CSCC[C@H](NC(=O)[C@@H]1CCCN1C(=O)[C@@H]1CCCN1C(=O)[C@H](CCCN=C(N)N)NC(=O)[C@H](Cc1cnc[nH]1)NC(=O)[C@@H](N)[C@@H](C)O)C(=O)N[C@@H](Cc1c[nH]c2ccccc12)C(=O)N[C@@H](CO)C(=O)N1CCC[C@H]1C(=O)N[C@H](C(=O)N[C@@H](Cc1c[nH]c2ccccc12)C(=O)N1CCC[C@H]1C(=O)O)C(C)C. The molecule has 0 spiro atoms. The summed E-state index contributed by atoms with van der Waals surface area (Å²) in [4.78, 5) is 203. The van der Waals surface area contributed by atoms with Gasteiger partial charge in [-0.05, 0) is 119 Å². The first kappa shape index (κ1) is 85.0. The number of aromatic amines is 3. The molecular formula is C73H103N19O17S. The number of hydrogen-bond acceptors (Lipinski definition) is 19. The van der Waals surface area contributed by atoms with Crippen molar-refractivity contribution in [2.75, 3.05) is 51.3 Å². The second-order valence-corrected chi connectivity index (χ2v) is 29.3. The maximum atomic E-state index is 14.9. The zero-order valence-corrected chi connectivity index (χ0v) is 63.1. The minimum Gasteiger partial charge on any atom is -0.481 e. The van der Waals surface area contributed by atoms with Gasteiger partial charge in [-0.2, -0.15) is 11.8 Å². The van der Waals surface area contributed by atoms with Gasteiger partial charge < -0.3 is 109 Å². The summed E-state index contributed by atoms with van der Waals surface area (Å²) in [5, 5.41) is 59.2. The Hall–Kier alpha value is -10.7. The Morgan fingerprint density at radius 1 is 0.573 bits per heavy atom. The van der Waals surface area contributed by atoms with Crippen LogP contribution in [0.15, 0.2) is 78.4 Å². The largest absolute Gasteiger partial charge is 0.481 e. The second kappa shape index (κ2) is 40.1. The number of carboxylic acids is 2. The average Bonchev–Trinajstić information content (AvgIpc) is 1.84. The number of aromatic nitrogens is 4. The number of guanidine groups is 1. The summed E-state index contributed by atoms with van der Waals surface area (Å²) in [6, 6.07) is -0.834. The lowest BCUT2D eigenvalue weighted by molar-refractivity contribution is -0.149. The molecule has 110 heavy (non-hydrogen) atoms. The summed E-state index contributed by atoms with van der Waals surface area (Å²) < 4.78 is 0. The fourth-order valence-electron chi connectivity index (χ4n) is 14.3. The molecule has 36 nitrogen and oxygen atoms in total. The molecule has 598 valence electrons. The Bertz CT molecular complexity index is 4100. The van der Waals surface area contributed by atoms with Gasteiger partial charge in [-0.25, -0.2) is 9.78 Å². The van der Waals surface area contributed by atoms with Gasteiger partial charge in [-0.15, -0.1) is 0 Å². The third-order valence-electron chi connectivity index (χ3n) is 20.0. The van der Waals surface area contributed by atoms with Crippen molar-refractivity contribution in [2.45, 2.75) is 196 Å². The molecule has 5 aromatic rings. The molecule has 9 rings (SSSR count). The van der Waals surface area contributed by atoms with Crippen molar-refractivity contribution in [3.63, 3.8) is 0 Å². The number of carboxylic acid groups (broad SMARTS) is 2. The first-order valence-electron chi connectivity index (χ1n) is 36.9. The molecule has 3 aromatic heterocycles. The van der Waals surface area contributed by atoms with Crippen LogP contribution >= 0.6 is 11.8 Å². The van der Waals surface area contributed by atoms with Gasteiger partial charge in [0.15, 0.2) is 5.96 Å². The van der Waals surface area contributed by atoms with Gasteiger partial charge in [0, 0.05) is 105 Å². The number of aliphatic hydroxyl groups excluding tert-OH is 2. The molecule has 0 aliphatic carbocycles. The van der Waals surface area contributed by atoms with Gasteiger partial charge in [-0.1, -0.05) is 50.2 Å². The normalized spacial score (nSPS) is 19.3. The van der Waals surface area contributed by atoms with Crippen molar-refractivity contribution in [1.29, 1.82) is 0 Å². The number of fused-ring (bicyclic) bond motifs is 2. The van der Waals surface area contributed by atoms with E-state index in [9.17, 15) is 72.9 Å². The number of thioether (sulfide) groups is 1. The molecule has 11 amide bonds. The van der Waals surface area contributed by atoms with E-state index in [2.05, 4.69) is 62.1 Å². The highest BCUT2D eigenvalue weighted by Gasteiger charge is 2.47. The van der Waals surface area contributed by atoms with Gasteiger partial charge in [-0.3, -0.25) is 62.5 Å². The van der Waals surface area contributed by atoms with Gasteiger partial charge in [0.25, 0.3) is 5.97 Å². The highest BCUT2D eigenvalue weighted by molar-refractivity contribution is 7.98. The molecule has 4 saturated heterocycles. The summed E-state index contributed by atoms with van der Waals surface area (Å²) in [7, 11) is 0. The van der Waals surface area contributed by atoms with Crippen LogP contribution < -0.4 is 54.4 Å². The number of nitrogens with zero attached hydrogens (tertiary/aromatic N) is 6. The fourth-order valence-corrected chi connectivity index (χ4v) is 14.8. The number of benzene rings is 2. The van der Waals surface area contributed by atoms with Crippen molar-refractivity contribution >= 4 is 116 Å². The number of carbonyl (C=O) groups is 13. The Kier molecular flexibility index (Phi) is 31.0. The Labute approximate surface area is 639 Å². The van der Waals surface area contributed by atoms with Crippen LogP contribution in [0.5, 0.6) is 0 Å². The number of aliphatic carboxylic acids is 2. The van der Waals surface area contributed by atoms with Crippen LogP contribution in [0.25, 0.3) is 21.8 Å². The predicted molar refractivity (Wildman–Crippen MR) is 404 cm³/mol. The number of carbonyl (C=O) groups excluding carboxylic acids is 11. The maximum absolute atomic E-state index is 14.9. The lowest BCUT2D eigenvalue weighted by atomic mass is 9.99. The van der Waals surface area contributed by atoms with Crippen LogP contribution in [0.2, 0.25) is 0 Å². The third-order valence-corrected chi connectivity index (χ3v) is 20.7. The molecule has 4 aliphatic rings. The zero-order chi connectivity index (χ0) is 80.0. The highest BCUT2D eigenvalue weighted by atomic mass is 32.2. The minimum absolute atomic E-state index is 0.0118. The monoisotopic (exact) mass is 1550 g/mol. The average molecular weight is 1550 g/mol. The van der Waals surface area contributed by atoms with E-state index in [1.807, 2.05) is 42.5 Å². The molecule has 4 fully saturated rings. The number of aliphatic hydroxyl groups is 2. The summed E-state index contributed by atoms with van der Waals surface area (Å²) in [6.45, 7) is 5.29. The van der Waals surface area contributed by atoms with Crippen LogP contribution in [-0.2, 0) is 81.6 Å². The number of rotatable bonds is 35. The molecule has 4 aliphatic heterocycles. The molecular weight excluding hydrogens is 1450 g/mol. The number of amides is 11. The summed E-state index contributed by atoms with van der Waals surface area (Å²) in [5.41, 5.74) is 20.3. The number of para-hydroxylation sites is 2. The predicted octanol–water partition coefficient (Wildman–Crippen LogP) is -1.90. The lowest BCUT2D eigenvalue weighted by Gasteiger charge is -2.34. The van der Waals surface area contributed by atoms with Crippen LogP contribution in [0.4, 0.5) is 0 Å². The van der Waals surface area contributed by atoms with Crippen LogP contribution in [0.3, 0.4) is 0 Å². The molecule has 0 bridgehead atoms. The standard InChI is InChI=1S/C71H99N19O15S.C2H4O2/c1-38(2)58(65(99)84-51(67(101)90-28-13-22-56(90)70(104)105)31-41-34-78-46-17-8-6-15-44(41)46)86-63(97)54-20-10-25-87(54)68(102)52(36-91)85-60(94)49(30-40-33-77-45-16-7-5-14-43(40)45)82-59(93)47(23-29-106-4)80-62(96)53-19-11-26-88(53)69(103)55-21-12-27-89(55)66(100)48(18-9-24-76-71(73)74)81-61(95)50(32-42-35-75-37-79-42)83-64(98)57(72)39(3)92;1-2(3)4/h5-8,14-17,33-35,37-39,47-58,77-78,91-92H,9-13,18-32,36,72H2,1-4H3,(H,75,79)(H,80,96)(H,81,95)(H,82,93)(H,83,98)(H,84,99)(H,85,94)(H,86,97)(H,104,105)(H4,73,74,76);1H3,(H,3,4)/t39-,47+,48+,49+,50+,51+,52+,53+,54+,55+,56+,57+,58+;/m1./s1. The van der Waals surface area contributed by atoms with Crippen molar-refractivity contribution in [1.82, 2.24) is 76.8 Å². The Morgan fingerprint density at radius 3 is 1.58 bits per heavy atom. The lowest BCUT2D eigenvalue weighted by Crippen LogP contribution is -2.61. The molecule has 7 heterocycles. The third kappa shape index (κ3) is 22.3. The van der Waals surface area contributed by atoms with E-state index in [1.165, 1.54) is 50.8 Å². The molecule has 0 radical (unpaired) electrons. The molecule has 20 N–H and O–H groups in total. The van der Waals surface area contributed by atoms with Crippen molar-refractivity contribution < 1.29 is 82.8 Å². The number of nitrogens with two attached hydrogens (primary N) is 3. The second-order valence-electron chi connectivity index (χ2n) is 28.3. The van der Waals surface area contributed by atoms with E-state index in [0.717, 1.165) is 17.8 Å². The van der Waals surface area contributed by atoms with Crippen molar-refractivity contribution in [3.8, 4) is 0 Å². The minimum atomic E-state index is -1.67. The summed E-state index contributed by atoms with van der Waals surface area (Å²) in [6.07, 6.45) is 8.95. The van der Waals surface area contributed by atoms with Crippen LogP contribution in [0, 0.1) is 5.92 Å². The Balaban J connectivity index is 0.00000371. The number of aliphatic imine (C=N–C) groups is 1. The smallest absolute Gasteiger partial charge is 0.326 e. The van der Waals surface area contributed by atoms with Crippen molar-refractivity contribution in [3.05, 3.63) is 90.3 Å². The fraction of sp³-hybridized carbons (Fsp3) is 0.548. The summed E-state index contributed by atoms with van der Waals surface area (Å²) >= 11 is 1.38. The molecule has 13 atom stereocenters. The quantitative estimate of drug-likeness (QED) is 0.0120. The molecule has 2 aromatic carbocycles. The van der Waals surface area contributed by atoms with Crippen molar-refractivity contribution in [2.24, 2.45) is 28.1 Å². The van der Waals surface area contributed by atoms with Gasteiger partial charge >= 0.3 is 5.97 Å². The zero-order valence-electron chi connectivity index (χ0n) is 62.3. The highest BCUT2D eigenvalue weighted by Crippen LogP contribution is 2.29. The van der Waals surface area contributed by atoms with Gasteiger partial charge in [0.1, 0.15) is 72.5 Å². The van der Waals surface area contributed by atoms with E-state index < -0.39 is 168 Å². The number of hydrogen-bond donors (Lipinski definition) is 17. The molecule has 37 heteroatoms. The number of likely N-dealkylation sites (tertiary alicyclic amines) is 4. The first-order chi connectivity index (χ1) is 52.5. The Morgan fingerprint density at radius 2 is 1.04 bits per heavy atom. The summed E-state index contributed by atoms with van der Waals surface area (Å²) in [5.74, 6) is -10.5. The van der Waals surface area contributed by atoms with E-state index in [-0.39, 0.29) is 103 Å². The van der Waals surface area contributed by atoms with Gasteiger partial charge in [0.2, 0.25) is 65.0 Å². The van der Waals surface area contributed by atoms with E-state index in [1.54, 1.807) is 38.6 Å². The van der Waals surface area contributed by atoms with E-state index in [0.29, 0.717) is 59.2 Å². The topological polar surface area (TPSA) is 551 Å². The molecule has 0 unspecified atom stereocenters.